The number of aromatic carboxylic acids is 2. The summed E-state index contributed by atoms with van der Waals surface area (Å²) in [6, 6.07) is 22.1. The quantitative estimate of drug-likeness (QED) is 0.0407. The van der Waals surface area contributed by atoms with Gasteiger partial charge in [0.2, 0.25) is 0 Å². The molecule has 0 aliphatic carbocycles. The first kappa shape index (κ1) is 37.9. The lowest BCUT2D eigenvalue weighted by atomic mass is 9.81. The number of aryl methyl sites for hydroxylation is 2. The summed E-state index contributed by atoms with van der Waals surface area (Å²) in [5, 5.41) is 33.7. The maximum atomic E-state index is 14.5. The van der Waals surface area contributed by atoms with Crippen molar-refractivity contribution >= 4 is 134 Å². The van der Waals surface area contributed by atoms with Gasteiger partial charge in [-0.05, 0) is 137 Å². The maximum absolute atomic E-state index is 14.5. The van der Waals surface area contributed by atoms with Gasteiger partial charge in [-0.1, -0.05) is 50.2 Å². The van der Waals surface area contributed by atoms with Crippen molar-refractivity contribution in [3.8, 4) is 0 Å². The fourth-order valence-corrected chi connectivity index (χ4v) is 10.8. The van der Waals surface area contributed by atoms with Gasteiger partial charge in [-0.15, -0.1) is 0 Å². The molecule has 0 unspecified atom stereocenters. The van der Waals surface area contributed by atoms with Gasteiger partial charge >= 0.3 is 23.9 Å². The maximum Gasteiger partial charge on any atom is 0.346 e. The molecule has 0 bridgehead atoms. The number of rotatable bonds is 6. The molecular formula is C52H28N2O11. The Balaban J connectivity index is 1.08. The van der Waals surface area contributed by atoms with Gasteiger partial charge in [0.05, 0.1) is 22.3 Å². The van der Waals surface area contributed by atoms with Gasteiger partial charge in [-0.3, -0.25) is 29.8 Å². The van der Waals surface area contributed by atoms with Gasteiger partial charge in [-0.25, -0.2) is 19.2 Å². The minimum absolute atomic E-state index is 0.000743. The lowest BCUT2D eigenvalue weighted by molar-refractivity contribution is 0.0399. The lowest BCUT2D eigenvalue weighted by Crippen LogP contribution is -2.34. The Morgan fingerprint density at radius 2 is 0.738 bits per heavy atom. The largest absolute Gasteiger partial charge is 0.478 e. The molecule has 0 saturated carbocycles. The van der Waals surface area contributed by atoms with E-state index in [1.165, 1.54) is 24.3 Å². The number of nitrogens with one attached hydrogen (secondary N) is 2. The fourth-order valence-electron chi connectivity index (χ4n) is 10.8. The number of ether oxygens (including phenoxy) is 1. The molecule has 2 aliphatic rings. The third-order valence-electron chi connectivity index (χ3n) is 13.4. The van der Waals surface area contributed by atoms with Crippen LogP contribution in [0.5, 0.6) is 0 Å². The van der Waals surface area contributed by atoms with E-state index in [9.17, 15) is 48.6 Å². The van der Waals surface area contributed by atoms with E-state index in [1.54, 1.807) is 60.7 Å². The zero-order chi connectivity index (χ0) is 45.1. The molecule has 4 N–H and O–H groups in total. The monoisotopic (exact) mass is 856 g/mol. The van der Waals surface area contributed by atoms with Gasteiger partial charge in [-0.2, -0.15) is 0 Å². The molecule has 2 heterocycles. The van der Waals surface area contributed by atoms with Crippen molar-refractivity contribution in [2.75, 3.05) is 0 Å². The molecule has 0 fully saturated rings. The molecule has 12 rings (SSSR count). The second-order valence-corrected chi connectivity index (χ2v) is 16.4. The first-order chi connectivity index (χ1) is 31.3. The van der Waals surface area contributed by atoms with Gasteiger partial charge in [0.1, 0.15) is 0 Å². The molecule has 312 valence electrons. The Morgan fingerprint density at radius 3 is 1.12 bits per heavy atom. The number of fused-ring (bicyclic) bond motifs is 4. The summed E-state index contributed by atoms with van der Waals surface area (Å²) in [4.78, 5) is 107. The van der Waals surface area contributed by atoms with Crippen LogP contribution in [-0.4, -0.2) is 57.7 Å². The fraction of sp³-hybridized carbons (Fsp3) is 0.0769. The molecule has 0 radical (unpaired) electrons. The van der Waals surface area contributed by atoms with E-state index >= 15 is 0 Å². The average molecular weight is 857 g/mol. The van der Waals surface area contributed by atoms with Gasteiger partial charge < -0.3 is 14.9 Å². The zero-order valence-electron chi connectivity index (χ0n) is 34.1. The van der Waals surface area contributed by atoms with E-state index in [4.69, 9.17) is 4.74 Å². The second kappa shape index (κ2) is 12.9. The molecule has 0 spiro atoms. The predicted molar refractivity (Wildman–Crippen MR) is 241 cm³/mol. The van der Waals surface area contributed by atoms with Crippen LogP contribution in [0.1, 0.15) is 108 Å². The number of carbonyl (C=O) groups excluding carboxylic acids is 6. The van der Waals surface area contributed by atoms with Crippen LogP contribution in [0, 0.1) is 0 Å². The molecule has 2 aliphatic heterocycles. The minimum Gasteiger partial charge on any atom is -0.478 e. The number of hydrogen-bond donors (Lipinski definition) is 4. The molecule has 10 aromatic rings. The van der Waals surface area contributed by atoms with Crippen molar-refractivity contribution in [2.45, 2.75) is 26.7 Å². The third-order valence-corrected chi connectivity index (χ3v) is 13.4. The van der Waals surface area contributed by atoms with Crippen molar-refractivity contribution in [2.24, 2.45) is 0 Å². The number of carbonyl (C=O) groups is 8. The van der Waals surface area contributed by atoms with E-state index in [1.807, 2.05) is 13.8 Å². The second-order valence-electron chi connectivity index (χ2n) is 16.4. The number of imide groups is 2. The van der Waals surface area contributed by atoms with Crippen LogP contribution in [0.3, 0.4) is 0 Å². The molecule has 65 heavy (non-hydrogen) atoms. The number of carboxylic acid groups (broad SMARTS) is 2. The normalized spacial score (nSPS) is 13.6. The summed E-state index contributed by atoms with van der Waals surface area (Å²) < 4.78 is 5.64. The van der Waals surface area contributed by atoms with Crippen LogP contribution in [0.15, 0.2) is 84.9 Å². The Hall–Kier alpha value is -8.84. The highest BCUT2D eigenvalue weighted by Gasteiger charge is 2.33. The Kier molecular flexibility index (Phi) is 7.50. The highest BCUT2D eigenvalue weighted by molar-refractivity contribution is 6.42. The molecule has 10 aromatic carbocycles. The molecular weight excluding hydrogens is 829 g/mol. The summed E-state index contributed by atoms with van der Waals surface area (Å²) in [5.74, 6) is -7.22. The number of carboxylic acids is 2. The number of benzene rings is 10. The van der Waals surface area contributed by atoms with Crippen molar-refractivity contribution in [3.05, 3.63) is 141 Å². The van der Waals surface area contributed by atoms with Crippen LogP contribution in [0.2, 0.25) is 0 Å². The summed E-state index contributed by atoms with van der Waals surface area (Å²) in [6.45, 7) is 3.81. The van der Waals surface area contributed by atoms with E-state index in [0.717, 1.165) is 11.1 Å². The summed E-state index contributed by atoms with van der Waals surface area (Å²) >= 11 is 0. The molecule has 0 saturated heterocycles. The molecule has 0 atom stereocenters. The SMILES string of the molecule is CCc1cc2c3c(ccc4c5ccc(C(=O)OC(=O)c6ccc7c8ccc9c%10c(cc(CC)c(c%11ccc(C(=O)O)c6c7%11)c%108)C(=O)NC9=O)c6c(C(=O)O)ccc(c1c34)c65)C(=O)NC2=O. The minimum atomic E-state index is -1.35. The van der Waals surface area contributed by atoms with Gasteiger partial charge in [0, 0.05) is 43.8 Å². The first-order valence-electron chi connectivity index (χ1n) is 20.7. The van der Waals surface area contributed by atoms with Crippen molar-refractivity contribution in [1.29, 1.82) is 0 Å². The van der Waals surface area contributed by atoms with Gasteiger partial charge in [0.15, 0.2) is 0 Å². The van der Waals surface area contributed by atoms with Crippen LogP contribution < -0.4 is 10.6 Å². The van der Waals surface area contributed by atoms with Crippen LogP contribution >= 0.6 is 0 Å². The predicted octanol–water partition coefficient (Wildman–Crippen LogP) is 9.07. The number of hydrogen-bond acceptors (Lipinski definition) is 9. The van der Waals surface area contributed by atoms with Gasteiger partial charge in [0.25, 0.3) is 23.6 Å². The molecule has 0 aromatic heterocycles. The van der Waals surface area contributed by atoms with E-state index in [2.05, 4.69) is 10.6 Å². The topological polar surface area (TPSA) is 210 Å². The Bertz CT molecular complexity index is 3810. The van der Waals surface area contributed by atoms with E-state index in [0.29, 0.717) is 111 Å². The number of amides is 4. The average Bonchev–Trinajstić information content (AvgIpc) is 3.29. The van der Waals surface area contributed by atoms with Crippen LogP contribution in [0.25, 0.3) is 86.2 Å². The standard InChI is InChI=1S/C52H28N2O11/c1-3-19-17-33-39-27(45(55)53-47(33)57)11-5-23-21-7-15-31(41-29(49(59)60)13-9-25(37(21)41)35(19)43(23)39)51(63)65-52(64)32-16-8-22-24-6-12-28-40-34(48(58)54-46(28)56)18-20(4-2)36(44(24)40)26-10-14-30(50(61)62)42(32)38(22)26/h5-18H,3-4H2,1-2H3,(H,59,60)(H,61,62)(H,53,55,57)(H,54,56,58). The van der Waals surface area contributed by atoms with Crippen LogP contribution in [0.4, 0.5) is 0 Å². The smallest absolute Gasteiger partial charge is 0.346 e. The van der Waals surface area contributed by atoms with Crippen molar-refractivity contribution < 1.29 is 53.3 Å². The molecule has 13 heteroatoms. The third kappa shape index (κ3) is 4.75. The highest BCUT2D eigenvalue weighted by Crippen LogP contribution is 2.48. The van der Waals surface area contributed by atoms with Crippen molar-refractivity contribution in [1.82, 2.24) is 10.6 Å². The number of esters is 2. The van der Waals surface area contributed by atoms with Crippen LogP contribution in [-0.2, 0) is 17.6 Å². The zero-order valence-corrected chi connectivity index (χ0v) is 34.1. The summed E-state index contributed by atoms with van der Waals surface area (Å²) in [6.07, 6.45) is 0.923. The Labute approximate surface area is 363 Å². The Morgan fingerprint density at radius 1 is 0.400 bits per heavy atom. The summed E-state index contributed by atoms with van der Waals surface area (Å²) in [7, 11) is 0. The molecule has 4 amide bonds. The highest BCUT2D eigenvalue weighted by atomic mass is 16.6. The van der Waals surface area contributed by atoms with E-state index in [-0.39, 0.29) is 33.0 Å². The summed E-state index contributed by atoms with van der Waals surface area (Å²) in [5.41, 5.74) is 1.83. The van der Waals surface area contributed by atoms with Crippen molar-refractivity contribution in [3.63, 3.8) is 0 Å². The van der Waals surface area contributed by atoms with E-state index < -0.39 is 47.5 Å². The first-order valence-corrected chi connectivity index (χ1v) is 20.7. The molecule has 13 nitrogen and oxygen atoms in total. The lowest BCUT2D eigenvalue weighted by Gasteiger charge is -2.24.